The number of aryl methyl sites for hydroxylation is 2. The summed E-state index contributed by atoms with van der Waals surface area (Å²) in [5.41, 5.74) is 7.59. The number of ether oxygens (including phenoxy) is 2. The Balaban J connectivity index is 1.70. The largest absolute Gasteiger partial charge is 0.488 e. The van der Waals surface area contributed by atoms with Crippen LogP contribution in [0, 0.1) is 13.8 Å². The van der Waals surface area contributed by atoms with Gasteiger partial charge in [0, 0.05) is 5.41 Å². The van der Waals surface area contributed by atoms with Crippen molar-refractivity contribution in [2.24, 2.45) is 0 Å². The monoisotopic (exact) mass is 710 g/mol. The fourth-order valence-electron chi connectivity index (χ4n) is 8.59. The summed E-state index contributed by atoms with van der Waals surface area (Å²) in [6, 6.07) is 12.5. The highest BCUT2D eigenvalue weighted by Gasteiger charge is 2.58. The summed E-state index contributed by atoms with van der Waals surface area (Å²) in [6.07, 6.45) is 1.62. The molecule has 0 aromatic heterocycles. The summed E-state index contributed by atoms with van der Waals surface area (Å²) in [5.74, 6) is 1.02. The Labute approximate surface area is 292 Å². The van der Waals surface area contributed by atoms with E-state index in [1.165, 1.54) is 0 Å². The van der Waals surface area contributed by atoms with E-state index in [1.54, 1.807) is 0 Å². The quantitative estimate of drug-likeness (QED) is 0.193. The zero-order valence-corrected chi connectivity index (χ0v) is 32.6. The number of fused-ring (bicyclic) bond motifs is 4. The SMILES string of the molecule is CCOP(=O)(OCC)c1cc2c3cc1OCc1cc(C)c(cc1C)COc1cc4c(cc1P(=O)(OCC)OCC)C(C)(C)CC34CC2(C)C. The van der Waals surface area contributed by atoms with E-state index in [0.29, 0.717) is 22.1 Å². The molecule has 49 heavy (non-hydrogen) atoms. The molecule has 0 amide bonds. The minimum absolute atomic E-state index is 0.237. The maximum atomic E-state index is 14.5. The maximum Gasteiger partial charge on any atom is 0.365 e. The van der Waals surface area contributed by atoms with Crippen molar-refractivity contribution in [3.63, 3.8) is 0 Å². The Kier molecular flexibility index (Phi) is 9.61. The van der Waals surface area contributed by atoms with E-state index in [9.17, 15) is 9.13 Å². The first kappa shape index (κ1) is 36.4. The van der Waals surface area contributed by atoms with Gasteiger partial charge in [0.15, 0.2) is 0 Å². The molecule has 2 aliphatic carbocycles. The van der Waals surface area contributed by atoms with Gasteiger partial charge >= 0.3 is 15.2 Å². The van der Waals surface area contributed by atoms with E-state index in [2.05, 4.69) is 65.8 Å². The highest BCUT2D eigenvalue weighted by molar-refractivity contribution is 7.62. The number of rotatable bonds is 10. The van der Waals surface area contributed by atoms with Crippen LogP contribution in [-0.2, 0) is 56.7 Å². The molecule has 7 rings (SSSR count). The minimum atomic E-state index is -3.72. The predicted molar refractivity (Wildman–Crippen MR) is 195 cm³/mol. The van der Waals surface area contributed by atoms with Gasteiger partial charge in [-0.25, -0.2) is 0 Å². The molecule has 3 aromatic carbocycles. The Morgan fingerprint density at radius 1 is 0.571 bits per heavy atom. The Bertz CT molecular complexity index is 1720. The van der Waals surface area contributed by atoms with Gasteiger partial charge in [-0.2, -0.15) is 0 Å². The maximum absolute atomic E-state index is 14.5. The van der Waals surface area contributed by atoms with Gasteiger partial charge in [-0.15, -0.1) is 0 Å². The molecular weight excluding hydrogens is 658 g/mol. The van der Waals surface area contributed by atoms with Crippen molar-refractivity contribution in [3.8, 4) is 11.5 Å². The van der Waals surface area contributed by atoms with E-state index in [1.807, 2.05) is 39.8 Å². The van der Waals surface area contributed by atoms with Crippen molar-refractivity contribution in [2.75, 3.05) is 26.4 Å². The number of hydrogen-bond acceptors (Lipinski definition) is 8. The lowest BCUT2D eigenvalue weighted by Crippen LogP contribution is -2.27. The van der Waals surface area contributed by atoms with Crippen LogP contribution in [-0.4, -0.2) is 26.4 Å². The van der Waals surface area contributed by atoms with Gasteiger partial charge in [0.1, 0.15) is 35.3 Å². The van der Waals surface area contributed by atoms with E-state index < -0.39 is 20.6 Å². The molecule has 0 unspecified atom stereocenters. The fourth-order valence-corrected chi connectivity index (χ4v) is 12.0. The van der Waals surface area contributed by atoms with Crippen LogP contribution in [0.1, 0.15) is 113 Å². The Morgan fingerprint density at radius 3 is 1.24 bits per heavy atom. The lowest BCUT2D eigenvalue weighted by atomic mass is 9.72. The first-order valence-corrected chi connectivity index (χ1v) is 20.7. The van der Waals surface area contributed by atoms with Crippen molar-refractivity contribution in [3.05, 3.63) is 80.9 Å². The summed E-state index contributed by atoms with van der Waals surface area (Å²) >= 11 is 0. The van der Waals surface area contributed by atoms with Crippen molar-refractivity contribution < 1.29 is 36.7 Å². The summed E-state index contributed by atoms with van der Waals surface area (Å²) in [4.78, 5) is 0. The normalized spacial score (nSPS) is 18.5. The van der Waals surface area contributed by atoms with Gasteiger partial charge in [0.25, 0.3) is 0 Å². The predicted octanol–water partition coefficient (Wildman–Crippen LogP) is 9.21. The molecule has 0 atom stereocenters. The van der Waals surface area contributed by atoms with E-state index in [-0.39, 0.29) is 50.5 Å². The third kappa shape index (κ3) is 6.05. The molecule has 3 aromatic rings. The molecule has 4 aliphatic rings. The molecule has 0 saturated heterocycles. The molecule has 8 nitrogen and oxygen atoms in total. The zero-order valence-electron chi connectivity index (χ0n) is 30.8. The van der Waals surface area contributed by atoms with E-state index in [0.717, 1.165) is 57.3 Å². The summed E-state index contributed by atoms with van der Waals surface area (Å²) in [5, 5.41) is 0.920. The van der Waals surface area contributed by atoms with Crippen LogP contribution >= 0.6 is 15.2 Å². The molecule has 2 aliphatic heterocycles. The molecule has 266 valence electrons. The van der Waals surface area contributed by atoms with E-state index in [4.69, 9.17) is 27.6 Å². The van der Waals surface area contributed by atoms with Crippen LogP contribution in [0.4, 0.5) is 0 Å². The van der Waals surface area contributed by atoms with Crippen molar-refractivity contribution in [2.45, 2.75) is 112 Å². The molecule has 6 bridgehead atoms. The standard InChI is InChI=1S/C39H52O8P2/c1-11-44-48(40,45-12-2)35-19-29-31-17-33(35)42-21-27-15-26(6)28(16-25(27)5)22-43-34-18-32-30(20-36(34)49(41,46-13-3)47-14-4)38(9,10)24-39(31,32)23-37(29,7)8/h15-20H,11-14,21-24H2,1-10H3. The van der Waals surface area contributed by atoms with Crippen LogP contribution in [0.3, 0.4) is 0 Å². The summed E-state index contributed by atoms with van der Waals surface area (Å²) in [6.45, 7) is 21.9. The second kappa shape index (κ2) is 13.0. The molecule has 0 N–H and O–H groups in total. The van der Waals surface area contributed by atoms with Crippen LogP contribution in [0.5, 0.6) is 11.5 Å². The minimum Gasteiger partial charge on any atom is -0.488 e. The Morgan fingerprint density at radius 2 is 0.918 bits per heavy atom. The van der Waals surface area contributed by atoms with Gasteiger partial charge in [-0.05, 0) is 134 Å². The molecule has 10 heteroatoms. The Hall–Kier alpha value is -2.44. The van der Waals surface area contributed by atoms with Crippen LogP contribution in [0.25, 0.3) is 0 Å². The highest BCUT2D eigenvalue weighted by Crippen LogP contribution is 2.65. The van der Waals surface area contributed by atoms with Crippen molar-refractivity contribution >= 4 is 25.8 Å². The topological polar surface area (TPSA) is 89.5 Å². The molecule has 0 saturated carbocycles. The second-order valence-corrected chi connectivity index (χ2v) is 18.9. The van der Waals surface area contributed by atoms with Crippen LogP contribution in [0.15, 0.2) is 36.4 Å². The van der Waals surface area contributed by atoms with Gasteiger partial charge < -0.3 is 27.6 Å². The molecule has 1 spiro atoms. The molecule has 0 radical (unpaired) electrons. The van der Waals surface area contributed by atoms with Crippen LogP contribution in [0.2, 0.25) is 0 Å². The highest BCUT2D eigenvalue weighted by atomic mass is 31.2. The first-order valence-electron chi connectivity index (χ1n) is 17.6. The third-order valence-electron chi connectivity index (χ3n) is 10.5. The molecule has 0 fully saturated rings. The van der Waals surface area contributed by atoms with Gasteiger partial charge in [0.2, 0.25) is 0 Å². The lowest BCUT2D eigenvalue weighted by Gasteiger charge is -2.31. The average Bonchev–Trinajstić information content (AvgIpc) is 3.38. The smallest absolute Gasteiger partial charge is 0.365 e. The average molecular weight is 711 g/mol. The van der Waals surface area contributed by atoms with E-state index >= 15 is 0 Å². The summed E-state index contributed by atoms with van der Waals surface area (Å²) in [7, 11) is -7.45. The second-order valence-electron chi connectivity index (χ2n) is 14.9. The van der Waals surface area contributed by atoms with Crippen molar-refractivity contribution in [1.29, 1.82) is 0 Å². The van der Waals surface area contributed by atoms with Crippen molar-refractivity contribution in [1.82, 2.24) is 0 Å². The lowest BCUT2D eigenvalue weighted by molar-refractivity contribution is 0.227. The molecule has 2 heterocycles. The summed E-state index contributed by atoms with van der Waals surface area (Å²) < 4.78 is 66.2. The fraction of sp³-hybridized carbons (Fsp3) is 0.538. The third-order valence-corrected chi connectivity index (χ3v) is 14.8. The van der Waals surface area contributed by atoms with Gasteiger partial charge in [0.05, 0.1) is 26.4 Å². The number of benzene rings is 3. The zero-order chi connectivity index (χ0) is 35.6. The number of hydrogen-bond donors (Lipinski definition) is 0. The molecular formula is C39H52O8P2. The van der Waals surface area contributed by atoms with Crippen LogP contribution < -0.4 is 20.1 Å². The first-order chi connectivity index (χ1) is 23.1. The van der Waals surface area contributed by atoms with Gasteiger partial charge in [-0.3, -0.25) is 9.13 Å². The van der Waals surface area contributed by atoms with Gasteiger partial charge in [-0.1, -0.05) is 39.8 Å².